The van der Waals surface area contributed by atoms with Gasteiger partial charge in [-0.15, -0.1) is 5.10 Å². The van der Waals surface area contributed by atoms with Crippen LogP contribution < -0.4 is 4.90 Å². The van der Waals surface area contributed by atoms with Gasteiger partial charge in [-0.3, -0.25) is 4.79 Å². The Bertz CT molecular complexity index is 536. The Morgan fingerprint density at radius 3 is 3.00 bits per heavy atom. The summed E-state index contributed by atoms with van der Waals surface area (Å²) in [5.41, 5.74) is 0. The average molecular weight is 348 g/mol. The van der Waals surface area contributed by atoms with E-state index in [0.29, 0.717) is 13.2 Å². The quantitative estimate of drug-likeness (QED) is 0.803. The van der Waals surface area contributed by atoms with E-state index >= 15 is 0 Å². The van der Waals surface area contributed by atoms with Crippen molar-refractivity contribution < 1.29 is 14.3 Å². The van der Waals surface area contributed by atoms with E-state index in [1.54, 1.807) is 6.20 Å². The summed E-state index contributed by atoms with van der Waals surface area (Å²) < 4.78 is 11.5. The fourth-order valence-electron chi connectivity index (χ4n) is 3.35. The summed E-state index contributed by atoms with van der Waals surface area (Å²) >= 11 is 0. The van der Waals surface area contributed by atoms with Gasteiger partial charge >= 0.3 is 0 Å². The van der Waals surface area contributed by atoms with Crippen molar-refractivity contribution in [3.05, 3.63) is 18.3 Å². The zero-order chi connectivity index (χ0) is 17.5. The molecule has 1 aromatic rings. The summed E-state index contributed by atoms with van der Waals surface area (Å²) in [6, 6.07) is 3.85. The summed E-state index contributed by atoms with van der Waals surface area (Å²) in [6.45, 7) is 6.24. The summed E-state index contributed by atoms with van der Waals surface area (Å²) in [5, 5.41) is 8.10. The van der Waals surface area contributed by atoms with E-state index in [1.165, 1.54) is 6.42 Å². The number of anilines is 1. The molecule has 138 valence electrons. The maximum atomic E-state index is 12.7. The molecule has 25 heavy (non-hydrogen) atoms. The fourth-order valence-corrected chi connectivity index (χ4v) is 3.35. The van der Waals surface area contributed by atoms with Gasteiger partial charge in [0.25, 0.3) is 5.91 Å². The highest BCUT2D eigenvalue weighted by Gasteiger charge is 2.25. The average Bonchev–Trinajstić information content (AvgIpc) is 2.93. The third-order valence-electron chi connectivity index (χ3n) is 4.84. The van der Waals surface area contributed by atoms with Gasteiger partial charge in [0, 0.05) is 39.0 Å². The molecule has 0 spiro atoms. The SMILES string of the molecule is C[C@H](OC[C@@H]1CCCCO1)C(=O)N1CCCN(c2cccnn2)CC1. The van der Waals surface area contributed by atoms with E-state index in [4.69, 9.17) is 9.47 Å². The smallest absolute Gasteiger partial charge is 0.251 e. The van der Waals surface area contributed by atoms with E-state index in [1.807, 2.05) is 24.0 Å². The van der Waals surface area contributed by atoms with Gasteiger partial charge in [0.15, 0.2) is 5.82 Å². The molecule has 0 unspecified atom stereocenters. The van der Waals surface area contributed by atoms with E-state index in [2.05, 4.69) is 15.1 Å². The van der Waals surface area contributed by atoms with Gasteiger partial charge in [0.1, 0.15) is 6.10 Å². The number of hydrogen-bond acceptors (Lipinski definition) is 6. The Kier molecular flexibility index (Phi) is 6.58. The van der Waals surface area contributed by atoms with Crippen LogP contribution in [0.3, 0.4) is 0 Å². The highest BCUT2D eigenvalue weighted by atomic mass is 16.5. The summed E-state index contributed by atoms with van der Waals surface area (Å²) in [7, 11) is 0. The molecule has 7 nitrogen and oxygen atoms in total. The second-order valence-corrected chi connectivity index (χ2v) is 6.71. The number of nitrogens with zero attached hydrogens (tertiary/aromatic N) is 4. The molecule has 7 heteroatoms. The van der Waals surface area contributed by atoms with Gasteiger partial charge in [0.2, 0.25) is 0 Å². The Morgan fingerprint density at radius 1 is 1.32 bits per heavy atom. The molecule has 2 aliphatic heterocycles. The number of aromatic nitrogens is 2. The van der Waals surface area contributed by atoms with Crippen molar-refractivity contribution in [1.29, 1.82) is 0 Å². The van der Waals surface area contributed by atoms with Crippen LogP contribution in [-0.4, -0.2) is 72.6 Å². The molecule has 2 atom stereocenters. The number of carbonyl (C=O) groups excluding carboxylic acids is 1. The molecule has 0 aromatic carbocycles. The Hall–Kier alpha value is -1.73. The maximum absolute atomic E-state index is 12.7. The van der Waals surface area contributed by atoms with Crippen LogP contribution in [0.5, 0.6) is 0 Å². The minimum absolute atomic E-state index is 0.0665. The minimum atomic E-state index is -0.423. The van der Waals surface area contributed by atoms with Gasteiger partial charge in [-0.05, 0) is 44.7 Å². The molecule has 3 rings (SSSR count). The summed E-state index contributed by atoms with van der Waals surface area (Å²) in [6.07, 6.45) is 5.64. The zero-order valence-electron chi connectivity index (χ0n) is 15.0. The van der Waals surface area contributed by atoms with Gasteiger partial charge in [0.05, 0.1) is 12.7 Å². The Labute approximate surface area is 149 Å². The van der Waals surface area contributed by atoms with Crippen LogP contribution in [0.2, 0.25) is 0 Å². The molecule has 0 aliphatic carbocycles. The number of carbonyl (C=O) groups is 1. The third kappa shape index (κ3) is 5.12. The topological polar surface area (TPSA) is 67.8 Å². The molecule has 2 aliphatic rings. The maximum Gasteiger partial charge on any atom is 0.251 e. The first-order valence-corrected chi connectivity index (χ1v) is 9.28. The Balaban J connectivity index is 1.46. The molecular weight excluding hydrogens is 320 g/mol. The number of amides is 1. The number of rotatable bonds is 5. The lowest BCUT2D eigenvalue weighted by molar-refractivity contribution is -0.145. The number of ether oxygens (including phenoxy) is 2. The van der Waals surface area contributed by atoms with E-state index < -0.39 is 6.10 Å². The predicted molar refractivity (Wildman–Crippen MR) is 94.4 cm³/mol. The fraction of sp³-hybridized carbons (Fsp3) is 0.722. The zero-order valence-corrected chi connectivity index (χ0v) is 15.0. The van der Waals surface area contributed by atoms with Gasteiger partial charge < -0.3 is 19.3 Å². The highest BCUT2D eigenvalue weighted by molar-refractivity contribution is 5.80. The highest BCUT2D eigenvalue weighted by Crippen LogP contribution is 2.15. The van der Waals surface area contributed by atoms with Crippen LogP contribution in [-0.2, 0) is 14.3 Å². The van der Waals surface area contributed by atoms with Crippen molar-refractivity contribution in [3.8, 4) is 0 Å². The lowest BCUT2D eigenvalue weighted by Crippen LogP contribution is -2.42. The van der Waals surface area contributed by atoms with Crippen LogP contribution >= 0.6 is 0 Å². The second-order valence-electron chi connectivity index (χ2n) is 6.71. The van der Waals surface area contributed by atoms with Crippen LogP contribution in [0.1, 0.15) is 32.6 Å². The van der Waals surface area contributed by atoms with Crippen molar-refractivity contribution in [3.63, 3.8) is 0 Å². The van der Waals surface area contributed by atoms with E-state index in [-0.39, 0.29) is 12.0 Å². The van der Waals surface area contributed by atoms with Crippen LogP contribution in [0.4, 0.5) is 5.82 Å². The summed E-state index contributed by atoms with van der Waals surface area (Å²) in [4.78, 5) is 16.8. The van der Waals surface area contributed by atoms with E-state index in [0.717, 1.165) is 51.3 Å². The molecule has 2 fully saturated rings. The van der Waals surface area contributed by atoms with Crippen molar-refractivity contribution >= 4 is 11.7 Å². The minimum Gasteiger partial charge on any atom is -0.376 e. The van der Waals surface area contributed by atoms with Gasteiger partial charge in [-0.1, -0.05) is 0 Å². The summed E-state index contributed by atoms with van der Waals surface area (Å²) in [5.74, 6) is 0.937. The van der Waals surface area contributed by atoms with Gasteiger partial charge in [-0.2, -0.15) is 5.10 Å². The van der Waals surface area contributed by atoms with Crippen LogP contribution in [0, 0.1) is 0 Å². The first-order valence-electron chi connectivity index (χ1n) is 9.28. The molecule has 0 saturated carbocycles. The third-order valence-corrected chi connectivity index (χ3v) is 4.84. The second kappa shape index (κ2) is 9.10. The largest absolute Gasteiger partial charge is 0.376 e. The lowest BCUT2D eigenvalue weighted by atomic mass is 10.1. The molecule has 3 heterocycles. The van der Waals surface area contributed by atoms with Crippen LogP contribution in [0.25, 0.3) is 0 Å². The van der Waals surface area contributed by atoms with Crippen molar-refractivity contribution in [2.75, 3.05) is 44.3 Å². The Morgan fingerprint density at radius 2 is 2.24 bits per heavy atom. The molecule has 1 amide bonds. The molecule has 0 bridgehead atoms. The van der Waals surface area contributed by atoms with Crippen molar-refractivity contribution in [1.82, 2.24) is 15.1 Å². The standard InChI is InChI=1S/C18H28N4O3/c1-15(25-14-16-6-2-3-13-24-16)18(23)22-10-5-9-21(11-12-22)17-7-4-8-19-20-17/h4,7-8,15-16H,2-3,5-6,9-14H2,1H3/t15-,16-/m0/s1. The lowest BCUT2D eigenvalue weighted by Gasteiger charge is -2.27. The number of hydrogen-bond donors (Lipinski definition) is 0. The molecular formula is C18H28N4O3. The van der Waals surface area contributed by atoms with E-state index in [9.17, 15) is 4.79 Å². The first kappa shape index (κ1) is 18.1. The molecule has 2 saturated heterocycles. The molecule has 0 radical (unpaired) electrons. The van der Waals surface area contributed by atoms with Crippen LogP contribution in [0.15, 0.2) is 18.3 Å². The van der Waals surface area contributed by atoms with Crippen molar-refractivity contribution in [2.45, 2.75) is 44.8 Å². The normalized spacial score (nSPS) is 23.2. The predicted octanol–water partition coefficient (Wildman–Crippen LogP) is 1.49. The molecule has 0 N–H and O–H groups in total. The first-order chi connectivity index (χ1) is 12.2. The van der Waals surface area contributed by atoms with Gasteiger partial charge in [-0.25, -0.2) is 0 Å². The van der Waals surface area contributed by atoms with Crippen molar-refractivity contribution in [2.24, 2.45) is 0 Å². The monoisotopic (exact) mass is 348 g/mol. The molecule has 1 aromatic heterocycles.